The van der Waals surface area contributed by atoms with Gasteiger partial charge in [-0.25, -0.2) is 8.78 Å². The fourth-order valence-electron chi connectivity index (χ4n) is 1.37. The molecule has 88 valence electrons. The van der Waals surface area contributed by atoms with Gasteiger partial charge in [-0.15, -0.1) is 0 Å². The zero-order valence-corrected chi connectivity index (χ0v) is 10.4. The maximum Gasteiger partial charge on any atom is 0.162 e. The summed E-state index contributed by atoms with van der Waals surface area (Å²) >= 11 is 3.30. The molecular weight excluding hydrogens is 278 g/mol. The summed E-state index contributed by atoms with van der Waals surface area (Å²) in [5.41, 5.74) is 0.248. The molecule has 0 spiro atoms. The van der Waals surface area contributed by atoms with Crippen LogP contribution >= 0.6 is 15.9 Å². The average Bonchev–Trinajstić information content (AvgIpc) is 2.28. The van der Waals surface area contributed by atoms with Crippen molar-refractivity contribution in [1.29, 1.82) is 0 Å². The van der Waals surface area contributed by atoms with Crippen molar-refractivity contribution in [2.45, 2.75) is 25.7 Å². The fraction of sp³-hybridized carbons (Fsp3) is 0.417. The highest BCUT2D eigenvalue weighted by atomic mass is 79.9. The van der Waals surface area contributed by atoms with E-state index in [1.54, 1.807) is 0 Å². The van der Waals surface area contributed by atoms with Crippen LogP contribution in [0.1, 0.15) is 36.0 Å². The van der Waals surface area contributed by atoms with Crippen LogP contribution in [-0.4, -0.2) is 11.1 Å². The third-order valence-electron chi connectivity index (χ3n) is 2.28. The second kappa shape index (κ2) is 6.74. The molecule has 0 atom stereocenters. The lowest BCUT2D eigenvalue weighted by Gasteiger charge is -2.01. The van der Waals surface area contributed by atoms with Gasteiger partial charge >= 0.3 is 0 Å². The molecule has 0 saturated carbocycles. The first-order valence-electron chi connectivity index (χ1n) is 5.19. The van der Waals surface area contributed by atoms with E-state index in [2.05, 4.69) is 15.9 Å². The number of Topliss-reactive ketones (excluding diaryl/α,β-unsaturated/α-hetero) is 1. The van der Waals surface area contributed by atoms with Crippen LogP contribution in [0.2, 0.25) is 0 Å². The lowest BCUT2D eigenvalue weighted by atomic mass is 10.0. The predicted molar refractivity (Wildman–Crippen MR) is 63.0 cm³/mol. The van der Waals surface area contributed by atoms with E-state index in [4.69, 9.17) is 0 Å². The zero-order chi connectivity index (χ0) is 12.0. The lowest BCUT2D eigenvalue weighted by Crippen LogP contribution is -2.00. The Morgan fingerprint density at radius 1 is 1.12 bits per heavy atom. The molecule has 0 aliphatic rings. The van der Waals surface area contributed by atoms with Gasteiger partial charge in [0, 0.05) is 17.3 Å². The first-order valence-corrected chi connectivity index (χ1v) is 6.31. The Bertz CT molecular complexity index is 366. The van der Waals surface area contributed by atoms with Gasteiger partial charge in [0.25, 0.3) is 0 Å². The summed E-state index contributed by atoms with van der Waals surface area (Å²) < 4.78 is 25.5. The van der Waals surface area contributed by atoms with Crippen molar-refractivity contribution in [3.63, 3.8) is 0 Å². The Morgan fingerprint density at radius 2 is 1.88 bits per heavy atom. The van der Waals surface area contributed by atoms with Gasteiger partial charge in [-0.05, 0) is 31.0 Å². The van der Waals surface area contributed by atoms with Crippen molar-refractivity contribution in [3.05, 3.63) is 35.4 Å². The summed E-state index contributed by atoms with van der Waals surface area (Å²) in [4.78, 5) is 11.6. The monoisotopic (exact) mass is 290 g/mol. The molecule has 1 aromatic rings. The van der Waals surface area contributed by atoms with Gasteiger partial charge < -0.3 is 0 Å². The molecule has 0 N–H and O–H groups in total. The Hall–Kier alpha value is -0.770. The van der Waals surface area contributed by atoms with Gasteiger partial charge in [0.15, 0.2) is 17.4 Å². The summed E-state index contributed by atoms with van der Waals surface area (Å²) in [7, 11) is 0. The molecule has 0 bridgehead atoms. The summed E-state index contributed by atoms with van der Waals surface area (Å²) in [6.45, 7) is 0. The number of hydrogen-bond donors (Lipinski definition) is 0. The molecule has 0 aliphatic carbocycles. The maximum absolute atomic E-state index is 12.8. The molecule has 1 nitrogen and oxygen atoms in total. The highest BCUT2D eigenvalue weighted by molar-refractivity contribution is 9.09. The topological polar surface area (TPSA) is 17.1 Å². The van der Waals surface area contributed by atoms with Crippen LogP contribution in [0.15, 0.2) is 18.2 Å². The van der Waals surface area contributed by atoms with Crippen LogP contribution in [0.3, 0.4) is 0 Å². The third kappa shape index (κ3) is 4.00. The van der Waals surface area contributed by atoms with Crippen LogP contribution in [-0.2, 0) is 0 Å². The molecule has 0 saturated heterocycles. The van der Waals surface area contributed by atoms with Gasteiger partial charge in [-0.3, -0.25) is 4.79 Å². The second-order valence-corrected chi connectivity index (χ2v) is 4.34. The minimum absolute atomic E-state index is 0.131. The third-order valence-corrected chi connectivity index (χ3v) is 2.84. The Balaban J connectivity index is 2.50. The molecular formula is C12H13BrF2O. The number of unbranched alkanes of at least 4 members (excludes halogenated alkanes) is 2. The molecule has 0 amide bonds. The van der Waals surface area contributed by atoms with Crippen molar-refractivity contribution in [1.82, 2.24) is 0 Å². The zero-order valence-electron chi connectivity index (χ0n) is 8.81. The highest BCUT2D eigenvalue weighted by Crippen LogP contribution is 2.12. The quantitative estimate of drug-likeness (QED) is 0.438. The largest absolute Gasteiger partial charge is 0.294 e. The van der Waals surface area contributed by atoms with E-state index >= 15 is 0 Å². The SMILES string of the molecule is O=C(CCCCCBr)c1ccc(F)c(F)c1. The first-order chi connectivity index (χ1) is 7.65. The van der Waals surface area contributed by atoms with Crippen LogP contribution in [0.4, 0.5) is 8.78 Å². The van der Waals surface area contributed by atoms with Crippen molar-refractivity contribution < 1.29 is 13.6 Å². The summed E-state index contributed by atoms with van der Waals surface area (Å²) in [6.07, 6.45) is 3.15. The molecule has 0 unspecified atom stereocenters. The lowest BCUT2D eigenvalue weighted by molar-refractivity contribution is 0.0979. The summed E-state index contributed by atoms with van der Waals surface area (Å²) in [6, 6.07) is 3.27. The molecule has 1 aromatic carbocycles. The van der Waals surface area contributed by atoms with E-state index in [9.17, 15) is 13.6 Å². The van der Waals surface area contributed by atoms with Gasteiger partial charge in [0.05, 0.1) is 0 Å². The van der Waals surface area contributed by atoms with E-state index in [-0.39, 0.29) is 11.3 Å². The highest BCUT2D eigenvalue weighted by Gasteiger charge is 2.09. The van der Waals surface area contributed by atoms with Gasteiger partial charge in [-0.2, -0.15) is 0 Å². The van der Waals surface area contributed by atoms with Gasteiger partial charge in [0.2, 0.25) is 0 Å². The average molecular weight is 291 g/mol. The number of halogens is 3. The van der Waals surface area contributed by atoms with E-state index in [0.29, 0.717) is 6.42 Å². The smallest absolute Gasteiger partial charge is 0.162 e. The molecule has 0 fully saturated rings. The van der Waals surface area contributed by atoms with Crippen LogP contribution in [0.25, 0.3) is 0 Å². The minimum Gasteiger partial charge on any atom is -0.294 e. The predicted octanol–water partition coefficient (Wildman–Crippen LogP) is 4.10. The molecule has 0 heterocycles. The van der Waals surface area contributed by atoms with Crippen molar-refractivity contribution in [2.75, 3.05) is 5.33 Å². The molecule has 0 aromatic heterocycles. The van der Waals surface area contributed by atoms with E-state index in [1.807, 2.05) is 0 Å². The van der Waals surface area contributed by atoms with Gasteiger partial charge in [-0.1, -0.05) is 22.4 Å². The van der Waals surface area contributed by atoms with E-state index < -0.39 is 11.6 Å². The Kier molecular flexibility index (Phi) is 5.60. The van der Waals surface area contributed by atoms with E-state index in [1.165, 1.54) is 6.07 Å². The minimum atomic E-state index is -0.966. The summed E-state index contributed by atoms with van der Waals surface area (Å²) in [5, 5.41) is 0.923. The molecule has 1 rings (SSSR count). The second-order valence-electron chi connectivity index (χ2n) is 3.55. The van der Waals surface area contributed by atoms with E-state index in [0.717, 1.165) is 36.7 Å². The van der Waals surface area contributed by atoms with Crippen molar-refractivity contribution in [2.24, 2.45) is 0 Å². The Morgan fingerprint density at radius 3 is 2.50 bits per heavy atom. The number of benzene rings is 1. The number of hydrogen-bond acceptors (Lipinski definition) is 1. The number of carbonyl (C=O) groups excluding carboxylic acids is 1. The van der Waals surface area contributed by atoms with Gasteiger partial charge in [0.1, 0.15) is 0 Å². The number of carbonyl (C=O) groups is 1. The normalized spacial score (nSPS) is 10.4. The first kappa shape index (κ1) is 13.3. The molecule has 4 heteroatoms. The van der Waals surface area contributed by atoms with Crippen LogP contribution in [0, 0.1) is 11.6 Å². The fourth-order valence-corrected chi connectivity index (χ4v) is 1.77. The number of ketones is 1. The van der Waals surface area contributed by atoms with Crippen molar-refractivity contribution >= 4 is 21.7 Å². The van der Waals surface area contributed by atoms with Crippen LogP contribution in [0.5, 0.6) is 0 Å². The van der Waals surface area contributed by atoms with Crippen LogP contribution < -0.4 is 0 Å². The maximum atomic E-state index is 12.8. The number of rotatable bonds is 6. The standard InChI is InChI=1S/C12H13BrF2O/c13-7-3-1-2-4-12(16)9-5-6-10(14)11(15)8-9/h5-6,8H,1-4,7H2. The van der Waals surface area contributed by atoms with Crippen molar-refractivity contribution in [3.8, 4) is 0 Å². The molecule has 16 heavy (non-hydrogen) atoms. The molecule has 0 aliphatic heterocycles. The number of alkyl halides is 1. The molecule has 0 radical (unpaired) electrons. The summed E-state index contributed by atoms with van der Waals surface area (Å²) in [5.74, 6) is -2.02. The Labute approximate surface area is 102 Å².